The predicted octanol–water partition coefficient (Wildman–Crippen LogP) is 2.20. The Bertz CT molecular complexity index is 504. The monoisotopic (exact) mass is 259 g/mol. The number of nitrogen functional groups attached to an aromatic ring is 1. The summed E-state index contributed by atoms with van der Waals surface area (Å²) in [7, 11) is 0. The number of hydrogen-bond acceptors (Lipinski definition) is 3. The van der Waals surface area contributed by atoms with Crippen LogP contribution in [0.25, 0.3) is 0 Å². The highest BCUT2D eigenvalue weighted by Crippen LogP contribution is 2.60. The fourth-order valence-corrected chi connectivity index (χ4v) is 2.91. The maximum atomic E-state index is 12.3. The molecule has 102 valence electrons. The number of nitrogens with one attached hydrogen (secondary N) is 2. The van der Waals surface area contributed by atoms with Gasteiger partial charge in [-0.05, 0) is 56.1 Å². The van der Waals surface area contributed by atoms with Gasteiger partial charge in [-0.3, -0.25) is 10.6 Å². The Morgan fingerprint density at radius 3 is 2.74 bits per heavy atom. The number of hydrogen-bond donors (Lipinski definition) is 3. The van der Waals surface area contributed by atoms with Crippen molar-refractivity contribution in [1.82, 2.24) is 5.32 Å². The van der Waals surface area contributed by atoms with Crippen molar-refractivity contribution in [3.63, 3.8) is 0 Å². The average Bonchev–Trinajstić information content (AvgIpc) is 3.28. The summed E-state index contributed by atoms with van der Waals surface area (Å²) in [6, 6.07) is 5.66. The van der Waals surface area contributed by atoms with Crippen molar-refractivity contribution in [2.75, 3.05) is 12.0 Å². The number of carbonyl (C=O) groups excluding carboxylic acids is 1. The summed E-state index contributed by atoms with van der Waals surface area (Å²) in [5, 5.41) is 3.09. The Hall–Kier alpha value is -1.55. The molecule has 3 rings (SSSR count). The van der Waals surface area contributed by atoms with Gasteiger partial charge >= 0.3 is 0 Å². The first-order chi connectivity index (χ1) is 9.14. The summed E-state index contributed by atoms with van der Waals surface area (Å²) in [6.45, 7) is 2.79. The van der Waals surface area contributed by atoms with E-state index in [4.69, 9.17) is 5.84 Å². The first-order valence-corrected chi connectivity index (χ1v) is 7.00. The molecule has 2 saturated carbocycles. The van der Waals surface area contributed by atoms with E-state index in [0.29, 0.717) is 16.7 Å². The molecule has 0 atom stereocenters. The molecule has 0 aromatic heterocycles. The molecule has 0 radical (unpaired) electrons. The van der Waals surface area contributed by atoms with Crippen molar-refractivity contribution in [3.8, 4) is 0 Å². The van der Waals surface area contributed by atoms with Crippen LogP contribution in [-0.4, -0.2) is 12.5 Å². The normalized spacial score (nSPS) is 19.9. The van der Waals surface area contributed by atoms with Crippen LogP contribution in [-0.2, 0) is 0 Å². The molecule has 0 aliphatic heterocycles. The molecule has 0 bridgehead atoms. The van der Waals surface area contributed by atoms with Crippen molar-refractivity contribution in [3.05, 3.63) is 29.3 Å². The van der Waals surface area contributed by atoms with Gasteiger partial charge in [0.1, 0.15) is 0 Å². The van der Waals surface area contributed by atoms with E-state index in [9.17, 15) is 4.79 Å². The molecule has 2 fully saturated rings. The molecule has 0 heterocycles. The number of hydrazine groups is 1. The second-order valence-electron chi connectivity index (χ2n) is 6.01. The van der Waals surface area contributed by atoms with E-state index in [2.05, 4.69) is 10.7 Å². The van der Waals surface area contributed by atoms with Crippen LogP contribution in [0.2, 0.25) is 0 Å². The van der Waals surface area contributed by atoms with Gasteiger partial charge in [-0.25, -0.2) is 0 Å². The second kappa shape index (κ2) is 4.53. The predicted molar refractivity (Wildman–Crippen MR) is 75.7 cm³/mol. The van der Waals surface area contributed by atoms with Gasteiger partial charge < -0.3 is 10.7 Å². The molecule has 19 heavy (non-hydrogen) atoms. The fraction of sp³-hybridized carbons (Fsp3) is 0.533. The van der Waals surface area contributed by atoms with E-state index in [1.165, 1.54) is 25.7 Å². The molecule has 0 saturated heterocycles. The largest absolute Gasteiger partial charge is 0.351 e. The van der Waals surface area contributed by atoms with Gasteiger partial charge in [0.05, 0.1) is 11.3 Å². The Morgan fingerprint density at radius 2 is 2.16 bits per heavy atom. The summed E-state index contributed by atoms with van der Waals surface area (Å²) >= 11 is 0. The van der Waals surface area contributed by atoms with Crippen LogP contribution in [0.3, 0.4) is 0 Å². The number of benzene rings is 1. The Kier molecular flexibility index (Phi) is 2.97. The topological polar surface area (TPSA) is 67.1 Å². The van der Waals surface area contributed by atoms with Crippen LogP contribution in [0.1, 0.15) is 41.6 Å². The number of carbonyl (C=O) groups is 1. The van der Waals surface area contributed by atoms with Crippen LogP contribution in [0.5, 0.6) is 0 Å². The van der Waals surface area contributed by atoms with Crippen molar-refractivity contribution in [2.24, 2.45) is 17.2 Å². The van der Waals surface area contributed by atoms with E-state index in [0.717, 1.165) is 18.0 Å². The van der Waals surface area contributed by atoms with Gasteiger partial charge in [0.25, 0.3) is 5.91 Å². The summed E-state index contributed by atoms with van der Waals surface area (Å²) in [5.74, 6) is 6.30. The van der Waals surface area contributed by atoms with Gasteiger partial charge in [-0.2, -0.15) is 0 Å². The van der Waals surface area contributed by atoms with E-state index >= 15 is 0 Å². The molecule has 4 nitrogen and oxygen atoms in total. The molecular formula is C15H21N3O. The average molecular weight is 259 g/mol. The second-order valence-corrected chi connectivity index (χ2v) is 6.01. The molecule has 2 aliphatic rings. The minimum atomic E-state index is -0.0245. The number of nitrogens with two attached hydrogens (primary N) is 1. The third kappa shape index (κ3) is 2.45. The van der Waals surface area contributed by atoms with Crippen LogP contribution in [0.4, 0.5) is 5.69 Å². The van der Waals surface area contributed by atoms with E-state index in [1.807, 2.05) is 25.1 Å². The lowest BCUT2D eigenvalue weighted by Crippen LogP contribution is -2.32. The summed E-state index contributed by atoms with van der Waals surface area (Å²) in [6.07, 6.45) is 5.23. The lowest BCUT2D eigenvalue weighted by molar-refractivity contribution is 0.0943. The summed E-state index contributed by atoms with van der Waals surface area (Å²) in [4.78, 5) is 12.3. The van der Waals surface area contributed by atoms with Crippen LogP contribution in [0, 0.1) is 18.3 Å². The van der Waals surface area contributed by atoms with Gasteiger partial charge in [-0.15, -0.1) is 0 Å². The van der Waals surface area contributed by atoms with E-state index in [1.54, 1.807) is 0 Å². The maximum Gasteiger partial charge on any atom is 0.253 e. The Balaban J connectivity index is 1.68. The zero-order chi connectivity index (χ0) is 13.5. The van der Waals surface area contributed by atoms with Crippen LogP contribution >= 0.6 is 0 Å². The molecule has 1 amide bonds. The minimum Gasteiger partial charge on any atom is -0.351 e. The number of rotatable bonds is 5. The highest BCUT2D eigenvalue weighted by molar-refractivity contribution is 5.99. The van der Waals surface area contributed by atoms with Gasteiger partial charge in [-0.1, -0.05) is 11.6 Å². The van der Waals surface area contributed by atoms with Crippen LogP contribution < -0.4 is 16.6 Å². The van der Waals surface area contributed by atoms with Gasteiger partial charge in [0.2, 0.25) is 0 Å². The molecule has 1 aromatic rings. The van der Waals surface area contributed by atoms with Crippen LogP contribution in [0.15, 0.2) is 18.2 Å². The molecule has 4 heteroatoms. The molecule has 2 aliphatic carbocycles. The first kappa shape index (κ1) is 12.5. The zero-order valence-corrected chi connectivity index (χ0v) is 11.3. The lowest BCUT2D eigenvalue weighted by Gasteiger charge is -2.16. The van der Waals surface area contributed by atoms with Gasteiger partial charge in [0.15, 0.2) is 0 Å². The third-order valence-electron chi connectivity index (χ3n) is 4.51. The molecule has 1 aromatic carbocycles. The van der Waals surface area contributed by atoms with Gasteiger partial charge in [0, 0.05) is 6.54 Å². The van der Waals surface area contributed by atoms with Crippen molar-refractivity contribution in [2.45, 2.75) is 32.6 Å². The molecule has 0 spiro atoms. The van der Waals surface area contributed by atoms with Crippen molar-refractivity contribution < 1.29 is 4.79 Å². The molecule has 0 unspecified atom stereocenters. The standard InChI is InChI=1S/C15H21N3O/c1-10-2-5-13(18-16)12(8-10)14(19)17-9-15(6-7-15)11-3-4-11/h2,5,8,11,18H,3-4,6-7,9,16H2,1H3,(H,17,19). The van der Waals surface area contributed by atoms with Crippen molar-refractivity contribution in [1.29, 1.82) is 0 Å². The zero-order valence-electron chi connectivity index (χ0n) is 11.3. The highest BCUT2D eigenvalue weighted by Gasteiger charge is 2.53. The SMILES string of the molecule is Cc1ccc(NN)c(C(=O)NCC2(C3CC3)CC2)c1. The fourth-order valence-electron chi connectivity index (χ4n) is 2.91. The lowest BCUT2D eigenvalue weighted by atomic mass is 10.0. The highest BCUT2D eigenvalue weighted by atomic mass is 16.1. The summed E-state index contributed by atoms with van der Waals surface area (Å²) in [5.41, 5.74) is 5.39. The third-order valence-corrected chi connectivity index (χ3v) is 4.51. The number of anilines is 1. The molecular weight excluding hydrogens is 238 g/mol. The maximum absolute atomic E-state index is 12.3. The van der Waals surface area contributed by atoms with Crippen molar-refractivity contribution >= 4 is 11.6 Å². The quantitative estimate of drug-likeness (QED) is 0.561. The van der Waals surface area contributed by atoms with E-state index < -0.39 is 0 Å². The Labute approximate surface area is 113 Å². The minimum absolute atomic E-state index is 0.0245. The molecule has 4 N–H and O–H groups in total. The number of aryl methyl sites for hydroxylation is 1. The smallest absolute Gasteiger partial charge is 0.253 e. The summed E-state index contributed by atoms with van der Waals surface area (Å²) < 4.78 is 0. The number of amides is 1. The first-order valence-electron chi connectivity index (χ1n) is 7.00. The van der Waals surface area contributed by atoms with E-state index in [-0.39, 0.29) is 5.91 Å². The Morgan fingerprint density at radius 1 is 1.42 bits per heavy atom.